The Kier molecular flexibility index (Phi) is 2.21. The van der Waals surface area contributed by atoms with Crippen LogP contribution in [0.15, 0.2) is 24.4 Å². The fraction of sp³-hybridized carbons (Fsp3) is 0.357. The third kappa shape index (κ3) is 1.26. The lowest BCUT2D eigenvalue weighted by atomic mass is 9.67. The van der Waals surface area contributed by atoms with Crippen molar-refractivity contribution in [3.63, 3.8) is 0 Å². The van der Waals surface area contributed by atoms with Crippen molar-refractivity contribution in [3.8, 4) is 6.07 Å². The maximum Gasteiger partial charge on any atom is 0.0979 e. The fourth-order valence-corrected chi connectivity index (χ4v) is 3.06. The Morgan fingerprint density at radius 1 is 1.41 bits per heavy atom. The number of aromatic nitrogens is 1. The zero-order valence-electron chi connectivity index (χ0n) is 9.70. The largest absolute Gasteiger partial charge is 0.317 e. The SMILES string of the molecule is Cc1c(Cl)c2ccccn2c1C1(C#N)CCC1. The molecule has 0 bridgehead atoms. The van der Waals surface area contributed by atoms with Gasteiger partial charge in [-0.3, -0.25) is 0 Å². The third-order valence-corrected chi connectivity index (χ3v) is 4.36. The highest BCUT2D eigenvalue weighted by molar-refractivity contribution is 6.35. The van der Waals surface area contributed by atoms with Gasteiger partial charge in [0.2, 0.25) is 0 Å². The van der Waals surface area contributed by atoms with Gasteiger partial charge in [-0.1, -0.05) is 17.7 Å². The predicted molar refractivity (Wildman–Crippen MR) is 68.3 cm³/mol. The Morgan fingerprint density at radius 3 is 2.76 bits per heavy atom. The highest BCUT2D eigenvalue weighted by atomic mass is 35.5. The first-order valence-electron chi connectivity index (χ1n) is 5.86. The molecule has 0 aromatic carbocycles. The fourth-order valence-electron chi connectivity index (χ4n) is 2.82. The Hall–Kier alpha value is -1.46. The van der Waals surface area contributed by atoms with Crippen molar-refractivity contribution in [1.29, 1.82) is 5.26 Å². The normalized spacial score (nSPS) is 17.7. The van der Waals surface area contributed by atoms with Crippen molar-refractivity contribution in [3.05, 3.63) is 40.7 Å². The van der Waals surface area contributed by atoms with Crippen LogP contribution in [0, 0.1) is 18.3 Å². The van der Waals surface area contributed by atoms with E-state index in [1.165, 1.54) is 0 Å². The molecule has 2 nitrogen and oxygen atoms in total. The van der Waals surface area contributed by atoms with Gasteiger partial charge < -0.3 is 4.40 Å². The van der Waals surface area contributed by atoms with E-state index >= 15 is 0 Å². The Labute approximate surface area is 105 Å². The number of fused-ring (bicyclic) bond motifs is 1. The predicted octanol–water partition coefficient (Wildman–Crippen LogP) is 3.85. The molecule has 0 saturated heterocycles. The summed E-state index contributed by atoms with van der Waals surface area (Å²) in [4.78, 5) is 0. The van der Waals surface area contributed by atoms with E-state index in [2.05, 4.69) is 10.5 Å². The third-order valence-electron chi connectivity index (χ3n) is 3.88. The van der Waals surface area contributed by atoms with Crippen LogP contribution in [0.2, 0.25) is 5.02 Å². The van der Waals surface area contributed by atoms with Crippen LogP contribution in [0.4, 0.5) is 0 Å². The summed E-state index contributed by atoms with van der Waals surface area (Å²) in [6.07, 6.45) is 5.02. The zero-order chi connectivity index (χ0) is 12.0. The first-order chi connectivity index (χ1) is 8.19. The van der Waals surface area contributed by atoms with E-state index in [-0.39, 0.29) is 5.41 Å². The molecule has 1 fully saturated rings. The van der Waals surface area contributed by atoms with Gasteiger partial charge in [-0.2, -0.15) is 5.26 Å². The summed E-state index contributed by atoms with van der Waals surface area (Å²) in [7, 11) is 0. The van der Waals surface area contributed by atoms with Crippen molar-refractivity contribution in [2.45, 2.75) is 31.6 Å². The highest BCUT2D eigenvalue weighted by Gasteiger charge is 2.42. The molecule has 2 aromatic rings. The molecule has 0 spiro atoms. The minimum Gasteiger partial charge on any atom is -0.317 e. The van der Waals surface area contributed by atoms with Gasteiger partial charge in [-0.15, -0.1) is 0 Å². The molecule has 3 heteroatoms. The molecule has 1 aliphatic carbocycles. The summed E-state index contributed by atoms with van der Waals surface area (Å²) in [6.45, 7) is 2.02. The standard InChI is InChI=1S/C14H13ClN2/c1-10-12(15)11-5-2-3-8-17(11)13(10)14(9-16)6-4-7-14/h2-3,5,8H,4,6-7H2,1H3. The van der Waals surface area contributed by atoms with E-state index in [1.54, 1.807) is 0 Å². The first-order valence-corrected chi connectivity index (χ1v) is 6.24. The number of halogens is 1. The summed E-state index contributed by atoms with van der Waals surface area (Å²) >= 11 is 6.36. The van der Waals surface area contributed by atoms with Crippen LogP contribution in [0.25, 0.3) is 5.52 Å². The van der Waals surface area contributed by atoms with Crippen molar-refractivity contribution in [1.82, 2.24) is 4.40 Å². The lowest BCUT2D eigenvalue weighted by Gasteiger charge is -2.35. The molecule has 0 amide bonds. The van der Waals surface area contributed by atoms with Crippen LogP contribution in [-0.2, 0) is 5.41 Å². The van der Waals surface area contributed by atoms with Crippen molar-refractivity contribution in [2.24, 2.45) is 0 Å². The smallest absolute Gasteiger partial charge is 0.0979 e. The molecule has 0 aliphatic heterocycles. The van der Waals surface area contributed by atoms with Gasteiger partial charge in [0, 0.05) is 11.9 Å². The molecular formula is C14H13ClN2. The quantitative estimate of drug-likeness (QED) is 0.749. The maximum absolute atomic E-state index is 9.48. The van der Waals surface area contributed by atoms with Crippen LogP contribution < -0.4 is 0 Å². The molecule has 3 rings (SSSR count). The van der Waals surface area contributed by atoms with Crippen LogP contribution >= 0.6 is 11.6 Å². The van der Waals surface area contributed by atoms with Crippen molar-refractivity contribution in [2.75, 3.05) is 0 Å². The van der Waals surface area contributed by atoms with Crippen molar-refractivity contribution < 1.29 is 0 Å². The van der Waals surface area contributed by atoms with E-state index in [0.717, 1.165) is 41.1 Å². The number of rotatable bonds is 1. The van der Waals surface area contributed by atoms with Crippen LogP contribution in [0.5, 0.6) is 0 Å². The molecule has 86 valence electrons. The molecule has 0 N–H and O–H groups in total. The number of nitrogens with zero attached hydrogens (tertiary/aromatic N) is 2. The van der Waals surface area contributed by atoms with Gasteiger partial charge >= 0.3 is 0 Å². The Morgan fingerprint density at radius 2 is 2.18 bits per heavy atom. The van der Waals surface area contributed by atoms with Gasteiger partial charge in [0.1, 0.15) is 0 Å². The minimum absolute atomic E-state index is 0.318. The summed E-state index contributed by atoms with van der Waals surface area (Å²) in [5, 5.41) is 10.3. The van der Waals surface area contributed by atoms with Gasteiger partial charge in [0.05, 0.1) is 22.0 Å². The van der Waals surface area contributed by atoms with E-state index in [0.29, 0.717) is 0 Å². The topological polar surface area (TPSA) is 28.2 Å². The van der Waals surface area contributed by atoms with E-state index in [1.807, 2.05) is 31.3 Å². The van der Waals surface area contributed by atoms with Crippen molar-refractivity contribution >= 4 is 17.1 Å². The molecule has 0 atom stereocenters. The summed E-state index contributed by atoms with van der Waals surface area (Å²) < 4.78 is 2.08. The summed E-state index contributed by atoms with van der Waals surface area (Å²) in [5.41, 5.74) is 2.83. The lowest BCUT2D eigenvalue weighted by Crippen LogP contribution is -2.34. The second-order valence-corrected chi connectivity index (χ2v) is 5.17. The molecule has 1 aliphatic rings. The molecule has 0 radical (unpaired) electrons. The average molecular weight is 245 g/mol. The average Bonchev–Trinajstić information content (AvgIpc) is 2.55. The van der Waals surface area contributed by atoms with Gasteiger partial charge in [-0.25, -0.2) is 0 Å². The number of nitriles is 1. The molecule has 1 saturated carbocycles. The molecular weight excluding hydrogens is 232 g/mol. The Bertz CT molecular complexity index is 629. The van der Waals surface area contributed by atoms with Gasteiger partial charge in [0.15, 0.2) is 0 Å². The number of pyridine rings is 1. The van der Waals surface area contributed by atoms with Gasteiger partial charge in [0.25, 0.3) is 0 Å². The lowest BCUT2D eigenvalue weighted by molar-refractivity contribution is 0.313. The van der Waals surface area contributed by atoms with Gasteiger partial charge in [-0.05, 0) is 43.9 Å². The van der Waals surface area contributed by atoms with Crippen LogP contribution in [0.3, 0.4) is 0 Å². The zero-order valence-corrected chi connectivity index (χ0v) is 10.5. The maximum atomic E-state index is 9.48. The summed E-state index contributed by atoms with van der Waals surface area (Å²) in [5.74, 6) is 0. The van der Waals surface area contributed by atoms with E-state index in [9.17, 15) is 5.26 Å². The highest BCUT2D eigenvalue weighted by Crippen LogP contribution is 2.46. The second kappa shape index (κ2) is 3.51. The molecule has 2 aromatic heterocycles. The molecule has 0 unspecified atom stereocenters. The van der Waals surface area contributed by atoms with E-state index < -0.39 is 0 Å². The molecule has 17 heavy (non-hydrogen) atoms. The molecule has 2 heterocycles. The summed E-state index contributed by atoms with van der Waals surface area (Å²) in [6, 6.07) is 8.46. The first kappa shape index (κ1) is 10.7. The van der Waals surface area contributed by atoms with E-state index in [4.69, 9.17) is 11.6 Å². The Balaban J connectivity index is 2.37. The number of hydrogen-bond acceptors (Lipinski definition) is 1. The van der Waals surface area contributed by atoms with Crippen LogP contribution in [0.1, 0.15) is 30.5 Å². The second-order valence-electron chi connectivity index (χ2n) is 4.79. The minimum atomic E-state index is -0.318. The van der Waals surface area contributed by atoms with Crippen LogP contribution in [-0.4, -0.2) is 4.40 Å². The number of hydrogen-bond donors (Lipinski definition) is 0. The monoisotopic (exact) mass is 244 g/mol.